The standard InChI is InChI=1S/C17H22N4O4/c22-16(12-20-10-15(9-18-20)21(23)24)11-19-6-7-25-17(13-19)8-14-4-2-1-3-5-14/h1-5,9-10,16-17,22H,6-8,11-13H2. The van der Waals surface area contributed by atoms with Crippen LogP contribution in [0.1, 0.15) is 5.56 Å². The summed E-state index contributed by atoms with van der Waals surface area (Å²) in [5.41, 5.74) is 1.17. The molecule has 1 N–H and O–H groups in total. The van der Waals surface area contributed by atoms with Crippen LogP contribution in [-0.2, 0) is 17.7 Å². The summed E-state index contributed by atoms with van der Waals surface area (Å²) >= 11 is 0. The van der Waals surface area contributed by atoms with Crippen LogP contribution in [0.4, 0.5) is 5.69 Å². The van der Waals surface area contributed by atoms with Gasteiger partial charge in [-0.1, -0.05) is 30.3 Å². The maximum absolute atomic E-state index is 10.7. The molecule has 3 rings (SSSR count). The van der Waals surface area contributed by atoms with Gasteiger partial charge in [0.2, 0.25) is 0 Å². The van der Waals surface area contributed by atoms with Crippen molar-refractivity contribution in [3.05, 3.63) is 58.4 Å². The number of hydrogen-bond donors (Lipinski definition) is 1. The fraction of sp³-hybridized carbons (Fsp3) is 0.471. The van der Waals surface area contributed by atoms with E-state index in [1.807, 2.05) is 18.2 Å². The van der Waals surface area contributed by atoms with E-state index in [1.54, 1.807) is 0 Å². The molecule has 2 unspecified atom stereocenters. The van der Waals surface area contributed by atoms with Crippen LogP contribution in [0, 0.1) is 10.1 Å². The van der Waals surface area contributed by atoms with Crippen LogP contribution in [0.25, 0.3) is 0 Å². The number of rotatable bonds is 7. The Morgan fingerprint density at radius 1 is 1.36 bits per heavy atom. The van der Waals surface area contributed by atoms with E-state index in [1.165, 1.54) is 22.6 Å². The van der Waals surface area contributed by atoms with E-state index in [0.717, 1.165) is 19.5 Å². The zero-order valence-electron chi connectivity index (χ0n) is 13.9. The predicted octanol–water partition coefficient (Wildman–Crippen LogP) is 1.10. The van der Waals surface area contributed by atoms with E-state index in [4.69, 9.17) is 4.74 Å². The van der Waals surface area contributed by atoms with Gasteiger partial charge in [0, 0.05) is 19.6 Å². The van der Waals surface area contributed by atoms with Crippen LogP contribution in [0.5, 0.6) is 0 Å². The van der Waals surface area contributed by atoms with Crippen molar-refractivity contribution in [2.75, 3.05) is 26.2 Å². The minimum absolute atomic E-state index is 0.0681. The van der Waals surface area contributed by atoms with Gasteiger partial charge in [-0.25, -0.2) is 0 Å². The first-order chi connectivity index (χ1) is 12.1. The summed E-state index contributed by atoms with van der Waals surface area (Å²) < 4.78 is 7.23. The van der Waals surface area contributed by atoms with E-state index in [9.17, 15) is 15.2 Å². The molecule has 0 saturated carbocycles. The number of benzene rings is 1. The summed E-state index contributed by atoms with van der Waals surface area (Å²) in [5.74, 6) is 0. The second-order valence-electron chi connectivity index (χ2n) is 6.27. The average molecular weight is 346 g/mol. The highest BCUT2D eigenvalue weighted by atomic mass is 16.6. The maximum Gasteiger partial charge on any atom is 0.306 e. The second-order valence-corrected chi connectivity index (χ2v) is 6.27. The van der Waals surface area contributed by atoms with Gasteiger partial charge >= 0.3 is 5.69 Å². The van der Waals surface area contributed by atoms with Crippen molar-refractivity contribution in [1.82, 2.24) is 14.7 Å². The molecule has 0 bridgehead atoms. The van der Waals surface area contributed by atoms with Crippen LogP contribution < -0.4 is 0 Å². The quantitative estimate of drug-likeness (QED) is 0.596. The summed E-state index contributed by atoms with van der Waals surface area (Å²) in [6, 6.07) is 10.2. The molecule has 1 saturated heterocycles. The molecule has 0 aliphatic carbocycles. The molecule has 1 aliphatic heterocycles. The zero-order valence-corrected chi connectivity index (χ0v) is 13.9. The molecule has 2 aromatic rings. The van der Waals surface area contributed by atoms with Gasteiger partial charge in [0.05, 0.1) is 30.3 Å². The number of aliphatic hydroxyl groups is 1. The third-order valence-corrected chi connectivity index (χ3v) is 4.23. The van der Waals surface area contributed by atoms with E-state index >= 15 is 0 Å². The largest absolute Gasteiger partial charge is 0.390 e. The summed E-state index contributed by atoms with van der Waals surface area (Å²) in [6.07, 6.45) is 2.83. The van der Waals surface area contributed by atoms with Crippen molar-refractivity contribution in [3.8, 4) is 0 Å². The smallest absolute Gasteiger partial charge is 0.306 e. The van der Waals surface area contributed by atoms with Gasteiger partial charge in [-0.2, -0.15) is 5.10 Å². The minimum atomic E-state index is -0.644. The van der Waals surface area contributed by atoms with E-state index in [-0.39, 0.29) is 18.3 Å². The number of aliphatic hydroxyl groups excluding tert-OH is 1. The molecule has 1 aromatic carbocycles. The summed E-state index contributed by atoms with van der Waals surface area (Å²) in [4.78, 5) is 12.3. The first-order valence-electron chi connectivity index (χ1n) is 8.33. The Kier molecular flexibility index (Phi) is 5.75. The molecule has 2 heterocycles. The number of ether oxygens (including phenoxy) is 1. The lowest BCUT2D eigenvalue weighted by Gasteiger charge is -2.34. The highest BCUT2D eigenvalue weighted by molar-refractivity contribution is 5.20. The van der Waals surface area contributed by atoms with Crippen LogP contribution in [0.2, 0.25) is 0 Å². The number of β-amino-alcohol motifs (C(OH)–C–C–N with tert-alkyl or cyclic N) is 1. The molecule has 1 fully saturated rings. The molecule has 0 spiro atoms. The number of morpholine rings is 1. The second kappa shape index (κ2) is 8.19. The predicted molar refractivity (Wildman–Crippen MR) is 91.2 cm³/mol. The molecule has 0 radical (unpaired) electrons. The Hall–Kier alpha value is -2.29. The minimum Gasteiger partial charge on any atom is -0.390 e. The number of hydrogen-bond acceptors (Lipinski definition) is 6. The lowest BCUT2D eigenvalue weighted by atomic mass is 10.1. The van der Waals surface area contributed by atoms with Gasteiger partial charge in [0.25, 0.3) is 0 Å². The van der Waals surface area contributed by atoms with Gasteiger partial charge < -0.3 is 9.84 Å². The lowest BCUT2D eigenvalue weighted by molar-refractivity contribution is -0.385. The third-order valence-electron chi connectivity index (χ3n) is 4.23. The van der Waals surface area contributed by atoms with Crippen molar-refractivity contribution in [2.45, 2.75) is 25.2 Å². The zero-order chi connectivity index (χ0) is 17.6. The molecule has 25 heavy (non-hydrogen) atoms. The van der Waals surface area contributed by atoms with Gasteiger partial charge in [-0.3, -0.25) is 19.7 Å². The van der Waals surface area contributed by atoms with E-state index in [2.05, 4.69) is 22.1 Å². The van der Waals surface area contributed by atoms with Crippen molar-refractivity contribution in [2.24, 2.45) is 0 Å². The molecule has 2 atom stereocenters. The van der Waals surface area contributed by atoms with Crippen molar-refractivity contribution < 1.29 is 14.8 Å². The normalized spacial score (nSPS) is 19.6. The first kappa shape index (κ1) is 17.5. The highest BCUT2D eigenvalue weighted by Crippen LogP contribution is 2.13. The van der Waals surface area contributed by atoms with E-state index in [0.29, 0.717) is 13.2 Å². The fourth-order valence-electron chi connectivity index (χ4n) is 3.07. The van der Waals surface area contributed by atoms with Crippen molar-refractivity contribution in [1.29, 1.82) is 0 Å². The number of aromatic nitrogens is 2. The van der Waals surface area contributed by atoms with Crippen LogP contribution in [0.15, 0.2) is 42.7 Å². The Labute approximate surface area is 145 Å². The van der Waals surface area contributed by atoms with Crippen LogP contribution >= 0.6 is 0 Å². The molecule has 1 aromatic heterocycles. The third kappa shape index (κ3) is 5.09. The molecular weight excluding hydrogens is 324 g/mol. The molecule has 0 amide bonds. The monoisotopic (exact) mass is 346 g/mol. The topological polar surface area (TPSA) is 93.7 Å². The fourth-order valence-corrected chi connectivity index (χ4v) is 3.07. The molecule has 134 valence electrons. The Bertz CT molecular complexity index is 691. The van der Waals surface area contributed by atoms with E-state index < -0.39 is 11.0 Å². The van der Waals surface area contributed by atoms with Crippen LogP contribution in [-0.4, -0.2) is 63.2 Å². The molecule has 8 nitrogen and oxygen atoms in total. The van der Waals surface area contributed by atoms with Gasteiger partial charge in [-0.15, -0.1) is 0 Å². The average Bonchev–Trinajstić information content (AvgIpc) is 3.05. The maximum atomic E-state index is 10.7. The summed E-state index contributed by atoms with van der Waals surface area (Å²) in [7, 11) is 0. The Balaban J connectivity index is 1.48. The summed E-state index contributed by atoms with van der Waals surface area (Å²) in [6.45, 7) is 2.88. The first-order valence-corrected chi connectivity index (χ1v) is 8.33. The molecule has 8 heteroatoms. The van der Waals surface area contributed by atoms with Crippen LogP contribution in [0.3, 0.4) is 0 Å². The summed E-state index contributed by atoms with van der Waals surface area (Å²) in [5, 5.41) is 24.8. The Morgan fingerprint density at radius 2 is 2.16 bits per heavy atom. The number of nitro groups is 1. The number of nitrogens with zero attached hydrogens (tertiary/aromatic N) is 4. The highest BCUT2D eigenvalue weighted by Gasteiger charge is 2.23. The Morgan fingerprint density at radius 3 is 2.88 bits per heavy atom. The van der Waals surface area contributed by atoms with Crippen molar-refractivity contribution >= 4 is 5.69 Å². The SMILES string of the molecule is O=[N+]([O-])c1cnn(CC(O)CN2CCOC(Cc3ccccc3)C2)c1. The van der Waals surface area contributed by atoms with Gasteiger partial charge in [0.15, 0.2) is 0 Å². The van der Waals surface area contributed by atoms with Gasteiger partial charge in [0.1, 0.15) is 12.4 Å². The molecular formula is C17H22N4O4. The molecule has 1 aliphatic rings. The van der Waals surface area contributed by atoms with Gasteiger partial charge in [-0.05, 0) is 12.0 Å². The van der Waals surface area contributed by atoms with Crippen molar-refractivity contribution in [3.63, 3.8) is 0 Å². The lowest BCUT2D eigenvalue weighted by Crippen LogP contribution is -2.46.